The third kappa shape index (κ3) is 6.46. The molecule has 1 amide bonds. The van der Waals surface area contributed by atoms with E-state index in [1.807, 2.05) is 42.5 Å². The number of aryl methyl sites for hydroxylation is 2. The normalized spacial score (nSPS) is 20.4. The van der Waals surface area contributed by atoms with Crippen LogP contribution < -0.4 is 14.9 Å². The summed E-state index contributed by atoms with van der Waals surface area (Å²) in [6.45, 7) is 8.45. The van der Waals surface area contributed by atoms with Crippen molar-refractivity contribution in [1.29, 1.82) is 0 Å². The maximum absolute atomic E-state index is 13.8. The van der Waals surface area contributed by atoms with Gasteiger partial charge in [0.2, 0.25) is 0 Å². The molecule has 0 spiro atoms. The molecule has 7 nitrogen and oxygen atoms in total. The first-order valence-corrected chi connectivity index (χ1v) is 15.1. The fourth-order valence-electron chi connectivity index (χ4n) is 5.90. The molecule has 0 bridgehead atoms. The summed E-state index contributed by atoms with van der Waals surface area (Å²) in [6.07, 6.45) is 4.77. The molecule has 2 aliphatic heterocycles. The third-order valence-electron chi connectivity index (χ3n) is 8.03. The maximum atomic E-state index is 13.8. The van der Waals surface area contributed by atoms with Gasteiger partial charge >= 0.3 is 0 Å². The number of hydrogen-bond acceptors (Lipinski definition) is 6. The lowest BCUT2D eigenvalue weighted by Gasteiger charge is -2.36. The van der Waals surface area contributed by atoms with Gasteiger partial charge in [0, 0.05) is 55.7 Å². The van der Waals surface area contributed by atoms with Crippen LogP contribution in [0.4, 0.5) is 5.69 Å². The number of hydrogen-bond donors (Lipinski definition) is 3. The first-order chi connectivity index (χ1) is 18.7. The average molecular weight is 551 g/mol. The highest BCUT2D eigenvalue weighted by Gasteiger charge is 2.30. The lowest BCUT2D eigenvalue weighted by Crippen LogP contribution is -2.52. The van der Waals surface area contributed by atoms with Crippen LogP contribution in [0.15, 0.2) is 48.7 Å². The van der Waals surface area contributed by atoms with Crippen molar-refractivity contribution in [2.45, 2.75) is 76.8 Å². The fourth-order valence-corrected chi connectivity index (χ4v) is 6.73. The van der Waals surface area contributed by atoms with Crippen LogP contribution in [0.1, 0.15) is 55.1 Å². The Morgan fingerprint density at radius 1 is 1.26 bits per heavy atom. The number of aromatic nitrogens is 1. The molecule has 0 saturated carbocycles. The molecule has 0 aliphatic carbocycles. The third-order valence-corrected chi connectivity index (χ3v) is 8.98. The minimum atomic E-state index is -0.740. The van der Waals surface area contributed by atoms with Gasteiger partial charge in [0.1, 0.15) is 0 Å². The van der Waals surface area contributed by atoms with E-state index in [-0.39, 0.29) is 17.6 Å². The summed E-state index contributed by atoms with van der Waals surface area (Å²) in [5.74, 6) is 0.834. The maximum Gasteiger partial charge on any atom is 0.251 e. The zero-order valence-corrected chi connectivity index (χ0v) is 24.4. The molecule has 3 atom stereocenters. The number of carbonyl (C=O) groups excluding carboxylic acids is 1. The highest BCUT2D eigenvalue weighted by molar-refractivity contribution is 8.00. The van der Waals surface area contributed by atoms with Crippen LogP contribution in [0, 0.1) is 0 Å². The number of ether oxygens (including phenoxy) is 1. The van der Waals surface area contributed by atoms with Crippen molar-refractivity contribution in [3.8, 4) is 0 Å². The van der Waals surface area contributed by atoms with E-state index in [1.54, 1.807) is 11.9 Å². The Balaban J connectivity index is 1.38. The lowest BCUT2D eigenvalue weighted by molar-refractivity contribution is -0.0641. The van der Waals surface area contributed by atoms with Gasteiger partial charge < -0.3 is 29.3 Å². The zero-order valence-electron chi connectivity index (χ0n) is 23.6. The number of amides is 1. The summed E-state index contributed by atoms with van der Waals surface area (Å²) in [5, 5.41) is 19.2. The minimum Gasteiger partial charge on any atom is -0.390 e. The Bertz CT molecular complexity index is 1290. The van der Waals surface area contributed by atoms with E-state index < -0.39 is 12.1 Å². The molecule has 39 heavy (non-hydrogen) atoms. The number of aliphatic hydroxyl groups excluding tert-OH is 1. The van der Waals surface area contributed by atoms with Crippen LogP contribution in [0.3, 0.4) is 0 Å². The van der Waals surface area contributed by atoms with Crippen LogP contribution in [0.2, 0.25) is 0 Å². The van der Waals surface area contributed by atoms with Gasteiger partial charge in [-0.15, -0.1) is 0 Å². The number of benzene rings is 2. The number of nitrogens with zero attached hydrogens (tertiary/aromatic N) is 2. The van der Waals surface area contributed by atoms with E-state index in [9.17, 15) is 9.90 Å². The van der Waals surface area contributed by atoms with Gasteiger partial charge in [0.05, 0.1) is 29.0 Å². The van der Waals surface area contributed by atoms with Crippen LogP contribution in [-0.4, -0.2) is 65.3 Å². The Kier molecular flexibility index (Phi) is 8.57. The summed E-state index contributed by atoms with van der Waals surface area (Å²) in [5.41, 5.74) is 5.05. The van der Waals surface area contributed by atoms with Gasteiger partial charge in [-0.1, -0.05) is 37.3 Å². The SMILES string of the molecule is CCc1cn2c3c(cc(C(=O)N[C@@H](Cc4ccccc4)[C@H](O)CNC4CCOC(C)(C)C4)cc13)N(C)SCC2. The average Bonchev–Trinajstić information content (AvgIpc) is 3.19. The molecule has 1 fully saturated rings. The van der Waals surface area contributed by atoms with Crippen molar-refractivity contribution >= 4 is 34.4 Å². The van der Waals surface area contributed by atoms with Crippen LogP contribution in [0.5, 0.6) is 0 Å². The van der Waals surface area contributed by atoms with E-state index in [4.69, 9.17) is 4.74 Å². The van der Waals surface area contributed by atoms with E-state index >= 15 is 0 Å². The highest BCUT2D eigenvalue weighted by Crippen LogP contribution is 2.37. The van der Waals surface area contributed by atoms with Crippen LogP contribution >= 0.6 is 11.9 Å². The molecule has 0 radical (unpaired) electrons. The van der Waals surface area contributed by atoms with Crippen LogP contribution in [-0.2, 0) is 24.1 Å². The molecule has 2 aliphatic rings. The Morgan fingerprint density at radius 2 is 2.05 bits per heavy atom. The van der Waals surface area contributed by atoms with Gasteiger partial charge in [0.15, 0.2) is 0 Å². The Labute approximate surface area is 236 Å². The molecule has 210 valence electrons. The van der Waals surface area contributed by atoms with Crippen molar-refractivity contribution in [3.05, 3.63) is 65.4 Å². The minimum absolute atomic E-state index is 0.155. The second kappa shape index (κ2) is 11.9. The number of anilines is 1. The molecule has 5 rings (SSSR count). The van der Waals surface area contributed by atoms with Crippen molar-refractivity contribution in [3.63, 3.8) is 0 Å². The van der Waals surface area contributed by atoms with Crippen molar-refractivity contribution in [2.75, 3.05) is 30.3 Å². The molecule has 2 aromatic carbocycles. The van der Waals surface area contributed by atoms with E-state index in [2.05, 4.69) is 53.5 Å². The van der Waals surface area contributed by atoms with E-state index in [0.717, 1.165) is 48.2 Å². The molecular formula is C31H42N4O3S. The van der Waals surface area contributed by atoms with Gasteiger partial charge in [-0.25, -0.2) is 0 Å². The predicted octanol–water partition coefficient (Wildman–Crippen LogP) is 4.55. The number of aliphatic hydroxyl groups is 1. The van der Waals surface area contributed by atoms with Crippen molar-refractivity contribution < 1.29 is 14.6 Å². The quantitative estimate of drug-likeness (QED) is 0.339. The molecule has 3 aromatic rings. The summed E-state index contributed by atoms with van der Waals surface area (Å²) in [7, 11) is 2.07. The molecule has 3 N–H and O–H groups in total. The summed E-state index contributed by atoms with van der Waals surface area (Å²) in [6, 6.07) is 13.9. The Morgan fingerprint density at radius 3 is 2.79 bits per heavy atom. The van der Waals surface area contributed by atoms with Gasteiger partial charge in [-0.3, -0.25) is 4.79 Å². The highest BCUT2D eigenvalue weighted by atomic mass is 32.2. The first-order valence-electron chi connectivity index (χ1n) is 14.2. The molecule has 1 unspecified atom stereocenters. The largest absolute Gasteiger partial charge is 0.390 e. The summed E-state index contributed by atoms with van der Waals surface area (Å²) >= 11 is 1.77. The molecule has 3 heterocycles. The van der Waals surface area contributed by atoms with Crippen LogP contribution in [0.25, 0.3) is 10.9 Å². The fraction of sp³-hybridized carbons (Fsp3) is 0.516. The first kappa shape index (κ1) is 28.0. The lowest BCUT2D eigenvalue weighted by atomic mass is 9.93. The molecule has 1 aromatic heterocycles. The van der Waals surface area contributed by atoms with Gasteiger partial charge in [-0.2, -0.15) is 0 Å². The smallest absolute Gasteiger partial charge is 0.251 e. The van der Waals surface area contributed by atoms with Gasteiger partial charge in [-0.05, 0) is 74.7 Å². The summed E-state index contributed by atoms with van der Waals surface area (Å²) < 4.78 is 10.4. The second-order valence-corrected chi connectivity index (χ2v) is 12.7. The number of rotatable bonds is 9. The predicted molar refractivity (Wildman–Crippen MR) is 161 cm³/mol. The summed E-state index contributed by atoms with van der Waals surface area (Å²) in [4.78, 5) is 13.8. The molecule has 8 heteroatoms. The van der Waals surface area contributed by atoms with Crippen molar-refractivity contribution in [2.24, 2.45) is 0 Å². The standard InChI is InChI=1S/C31H42N4O3S/c1-5-22-20-35-12-14-39-34(4)27-17-23(16-25(22)29(27)35)30(37)33-26(15-21-9-7-6-8-10-21)28(36)19-32-24-11-13-38-31(2,3)18-24/h6-10,16-17,20,24,26,28,32,36H,5,11-15,18-19H2,1-4H3,(H,33,37)/t24?,26-,28+/m0/s1. The number of nitrogens with one attached hydrogen (secondary N) is 2. The Hall–Kier alpha value is -2.52. The van der Waals surface area contributed by atoms with Crippen molar-refractivity contribution in [1.82, 2.24) is 15.2 Å². The number of carbonyl (C=O) groups is 1. The second-order valence-electron chi connectivity index (χ2n) is 11.5. The van der Waals surface area contributed by atoms with E-state index in [1.165, 1.54) is 11.1 Å². The van der Waals surface area contributed by atoms with E-state index in [0.29, 0.717) is 25.1 Å². The molecular weight excluding hydrogens is 508 g/mol. The monoisotopic (exact) mass is 550 g/mol. The molecule has 1 saturated heterocycles. The van der Waals surface area contributed by atoms with Gasteiger partial charge in [0.25, 0.3) is 5.91 Å². The zero-order chi connectivity index (χ0) is 27.6. The topological polar surface area (TPSA) is 78.8 Å².